The largest absolute Gasteiger partial charge is 0.475 e. The average molecular weight is 276 g/mol. The molecule has 1 amide bonds. The van der Waals surface area contributed by atoms with Gasteiger partial charge in [0.2, 0.25) is 16.8 Å². The Labute approximate surface area is 103 Å². The van der Waals surface area contributed by atoms with E-state index in [9.17, 15) is 18.0 Å². The van der Waals surface area contributed by atoms with Crippen molar-refractivity contribution in [2.75, 3.05) is 13.1 Å². The fourth-order valence-electron chi connectivity index (χ4n) is 1.24. The van der Waals surface area contributed by atoms with Crippen LogP contribution in [0.4, 0.5) is 0 Å². The Morgan fingerprint density at radius 1 is 1.44 bits per heavy atom. The van der Waals surface area contributed by atoms with E-state index in [1.165, 1.54) is 6.92 Å². The van der Waals surface area contributed by atoms with Crippen LogP contribution in [-0.2, 0) is 14.8 Å². The molecule has 0 aliphatic rings. The van der Waals surface area contributed by atoms with Gasteiger partial charge in [-0.25, -0.2) is 13.2 Å². The topological polar surface area (TPSA) is 131 Å². The molecule has 0 spiro atoms. The molecular formula is C9H12N2O6S. The molecule has 0 fully saturated rings. The molecule has 1 heterocycles. The van der Waals surface area contributed by atoms with Gasteiger partial charge in [-0.2, -0.15) is 4.31 Å². The lowest BCUT2D eigenvalue weighted by Gasteiger charge is -2.16. The molecule has 0 radical (unpaired) electrons. The van der Waals surface area contributed by atoms with Crippen molar-refractivity contribution in [3.8, 4) is 0 Å². The van der Waals surface area contributed by atoms with Crippen molar-refractivity contribution >= 4 is 21.9 Å². The first-order chi connectivity index (χ1) is 8.28. The minimum atomic E-state index is -4.06. The summed E-state index contributed by atoms with van der Waals surface area (Å²) >= 11 is 0. The normalized spacial score (nSPS) is 11.7. The van der Waals surface area contributed by atoms with Gasteiger partial charge in [0.05, 0.1) is 6.54 Å². The second-order valence-electron chi connectivity index (χ2n) is 3.32. The molecule has 0 bridgehead atoms. The summed E-state index contributed by atoms with van der Waals surface area (Å²) in [4.78, 5) is 21.3. The van der Waals surface area contributed by atoms with Gasteiger partial charge < -0.3 is 15.3 Å². The minimum absolute atomic E-state index is 0.00831. The van der Waals surface area contributed by atoms with Crippen LogP contribution in [0.2, 0.25) is 0 Å². The zero-order valence-corrected chi connectivity index (χ0v) is 10.3. The first kappa shape index (κ1) is 14.2. The third-order valence-electron chi connectivity index (χ3n) is 2.07. The summed E-state index contributed by atoms with van der Waals surface area (Å²) in [6.07, 6.45) is 0. The van der Waals surface area contributed by atoms with Crippen molar-refractivity contribution in [3.05, 3.63) is 17.9 Å². The number of nitrogens with two attached hydrogens (primary N) is 1. The van der Waals surface area contributed by atoms with Crippen LogP contribution >= 0.6 is 0 Å². The molecule has 0 unspecified atom stereocenters. The van der Waals surface area contributed by atoms with Crippen molar-refractivity contribution in [1.29, 1.82) is 0 Å². The second kappa shape index (κ2) is 5.19. The molecule has 0 saturated heterocycles. The first-order valence-corrected chi connectivity index (χ1v) is 6.34. The summed E-state index contributed by atoms with van der Waals surface area (Å²) in [6, 6.07) is 2.04. The number of aromatic carboxylic acids is 1. The van der Waals surface area contributed by atoms with Crippen molar-refractivity contribution in [1.82, 2.24) is 4.31 Å². The Balaban J connectivity index is 3.10. The van der Waals surface area contributed by atoms with Gasteiger partial charge in [0.15, 0.2) is 0 Å². The number of carbonyl (C=O) groups excluding carboxylic acids is 1. The maximum atomic E-state index is 12.0. The van der Waals surface area contributed by atoms with E-state index in [1.807, 2.05) is 0 Å². The van der Waals surface area contributed by atoms with Crippen LogP contribution in [-0.4, -0.2) is 42.8 Å². The number of nitrogens with zero attached hydrogens (tertiary/aromatic N) is 1. The van der Waals surface area contributed by atoms with E-state index in [2.05, 4.69) is 0 Å². The molecule has 1 aromatic heterocycles. The zero-order valence-electron chi connectivity index (χ0n) is 9.49. The van der Waals surface area contributed by atoms with E-state index in [0.717, 1.165) is 16.4 Å². The minimum Gasteiger partial charge on any atom is -0.475 e. The number of amides is 1. The van der Waals surface area contributed by atoms with Crippen molar-refractivity contribution in [2.24, 2.45) is 5.73 Å². The summed E-state index contributed by atoms with van der Waals surface area (Å²) in [7, 11) is -4.06. The van der Waals surface area contributed by atoms with Crippen LogP contribution in [0.15, 0.2) is 21.6 Å². The highest BCUT2D eigenvalue weighted by Gasteiger charge is 2.28. The van der Waals surface area contributed by atoms with Gasteiger partial charge in [-0.1, -0.05) is 6.92 Å². The van der Waals surface area contributed by atoms with E-state index in [-0.39, 0.29) is 6.54 Å². The van der Waals surface area contributed by atoms with Gasteiger partial charge in [0.25, 0.3) is 10.0 Å². The highest BCUT2D eigenvalue weighted by atomic mass is 32.2. The Kier molecular flexibility index (Phi) is 4.09. The van der Waals surface area contributed by atoms with Crippen LogP contribution in [0.25, 0.3) is 0 Å². The van der Waals surface area contributed by atoms with E-state index in [1.54, 1.807) is 0 Å². The number of hydrogen-bond donors (Lipinski definition) is 2. The molecule has 0 aliphatic heterocycles. The molecule has 0 saturated carbocycles. The molecule has 8 nitrogen and oxygen atoms in total. The molecule has 18 heavy (non-hydrogen) atoms. The van der Waals surface area contributed by atoms with Crippen molar-refractivity contribution in [3.63, 3.8) is 0 Å². The molecule has 1 rings (SSSR count). The SMILES string of the molecule is CCN(CC(N)=O)S(=O)(=O)c1ccc(C(=O)O)o1. The van der Waals surface area contributed by atoms with Crippen LogP contribution in [0, 0.1) is 0 Å². The van der Waals surface area contributed by atoms with E-state index in [0.29, 0.717) is 0 Å². The summed E-state index contributed by atoms with van der Waals surface area (Å²) in [5.74, 6) is -2.69. The van der Waals surface area contributed by atoms with Crippen LogP contribution < -0.4 is 5.73 Å². The fourth-order valence-corrected chi connectivity index (χ4v) is 2.57. The Morgan fingerprint density at radius 3 is 2.44 bits per heavy atom. The lowest BCUT2D eigenvalue weighted by molar-refractivity contribution is -0.118. The maximum absolute atomic E-state index is 12.0. The summed E-state index contributed by atoms with van der Waals surface area (Å²) in [5.41, 5.74) is 4.93. The number of carboxylic acid groups (broad SMARTS) is 1. The second-order valence-corrected chi connectivity index (χ2v) is 5.19. The van der Waals surface area contributed by atoms with Gasteiger partial charge in [0, 0.05) is 6.54 Å². The standard InChI is InChI=1S/C9H12N2O6S/c1-2-11(5-7(10)12)18(15,16)8-4-3-6(17-8)9(13)14/h3-4H,2,5H2,1H3,(H2,10,12)(H,13,14). The van der Waals surface area contributed by atoms with Gasteiger partial charge >= 0.3 is 5.97 Å². The van der Waals surface area contributed by atoms with Gasteiger partial charge in [-0.15, -0.1) is 0 Å². The third kappa shape index (κ3) is 2.87. The molecule has 0 aromatic carbocycles. The number of primary amides is 1. The molecule has 0 atom stereocenters. The van der Waals surface area contributed by atoms with Crippen molar-refractivity contribution < 1.29 is 27.5 Å². The number of carbonyl (C=O) groups is 2. The van der Waals surface area contributed by atoms with E-state index >= 15 is 0 Å². The molecule has 3 N–H and O–H groups in total. The van der Waals surface area contributed by atoms with E-state index < -0.39 is 39.3 Å². The first-order valence-electron chi connectivity index (χ1n) is 4.90. The molecule has 9 heteroatoms. The van der Waals surface area contributed by atoms with E-state index in [4.69, 9.17) is 15.3 Å². The lowest BCUT2D eigenvalue weighted by atomic mass is 10.5. The smallest absolute Gasteiger partial charge is 0.371 e. The quantitative estimate of drug-likeness (QED) is 0.718. The predicted molar refractivity (Wildman–Crippen MR) is 59.3 cm³/mol. The number of sulfonamides is 1. The summed E-state index contributed by atoms with van der Waals surface area (Å²) in [6.45, 7) is 1.03. The molecule has 0 aliphatic carbocycles. The molecule has 100 valence electrons. The van der Waals surface area contributed by atoms with Crippen LogP contribution in [0.1, 0.15) is 17.5 Å². The van der Waals surface area contributed by atoms with Gasteiger partial charge in [-0.3, -0.25) is 4.79 Å². The Hall–Kier alpha value is -1.87. The average Bonchev–Trinajstić information content (AvgIpc) is 2.75. The van der Waals surface area contributed by atoms with Gasteiger partial charge in [-0.05, 0) is 12.1 Å². The van der Waals surface area contributed by atoms with Gasteiger partial charge in [0.1, 0.15) is 0 Å². The Bertz CT molecular complexity index is 561. The number of furan rings is 1. The monoisotopic (exact) mass is 276 g/mol. The van der Waals surface area contributed by atoms with Crippen molar-refractivity contribution in [2.45, 2.75) is 12.0 Å². The van der Waals surface area contributed by atoms with Crippen LogP contribution in [0.5, 0.6) is 0 Å². The number of likely N-dealkylation sites (N-methyl/N-ethyl adjacent to an activating group) is 1. The summed E-state index contributed by atoms with van der Waals surface area (Å²) in [5, 5.41) is 8.09. The summed E-state index contributed by atoms with van der Waals surface area (Å²) < 4.78 is 29.4. The Morgan fingerprint density at radius 2 is 2.06 bits per heavy atom. The zero-order chi connectivity index (χ0) is 13.9. The predicted octanol–water partition coefficient (Wildman–Crippen LogP) is -0.526. The highest BCUT2D eigenvalue weighted by molar-refractivity contribution is 7.89. The number of rotatable bonds is 6. The van der Waals surface area contributed by atoms with Crippen LogP contribution in [0.3, 0.4) is 0 Å². The fraction of sp³-hybridized carbons (Fsp3) is 0.333. The third-order valence-corrected chi connectivity index (χ3v) is 3.87. The number of carboxylic acids is 1. The number of hydrogen-bond acceptors (Lipinski definition) is 5. The molecular weight excluding hydrogens is 264 g/mol. The molecule has 1 aromatic rings. The highest BCUT2D eigenvalue weighted by Crippen LogP contribution is 2.18. The lowest BCUT2D eigenvalue weighted by Crippen LogP contribution is -2.38. The maximum Gasteiger partial charge on any atom is 0.371 e.